The van der Waals surface area contributed by atoms with E-state index >= 15 is 0 Å². The number of nitrogens with zero attached hydrogens (tertiary/aromatic N) is 2. The van der Waals surface area contributed by atoms with Crippen LogP contribution in [0.25, 0.3) is 0 Å². The van der Waals surface area contributed by atoms with Crippen molar-refractivity contribution in [3.8, 4) is 0 Å². The number of hydrogen-bond donors (Lipinski definition) is 0. The topological polar surface area (TPSA) is 74.8 Å². The molecule has 9 heteroatoms. The summed E-state index contributed by atoms with van der Waals surface area (Å²) in [5, 5.41) is 4.52. The summed E-state index contributed by atoms with van der Waals surface area (Å²) in [4.78, 5) is 4.94. The molecule has 57 heavy (non-hydrogen) atoms. The van der Waals surface area contributed by atoms with E-state index < -0.39 is 27.7 Å². The van der Waals surface area contributed by atoms with Crippen LogP contribution in [0, 0.1) is 0 Å². The van der Waals surface area contributed by atoms with Crippen LogP contribution in [-0.4, -0.2) is 24.9 Å². The zero-order chi connectivity index (χ0) is 38.8. The second-order valence-electron chi connectivity index (χ2n) is 14.1. The average Bonchev–Trinajstić information content (AvgIpc) is 3.26. The molecule has 2 aliphatic rings. The lowest BCUT2D eigenvalue weighted by Gasteiger charge is -2.39. The second-order valence-corrected chi connectivity index (χ2v) is 21.7. The van der Waals surface area contributed by atoms with Gasteiger partial charge in [-0.05, 0) is 87.5 Å². The number of sulfone groups is 2. The van der Waals surface area contributed by atoms with Crippen molar-refractivity contribution in [2.24, 2.45) is 0 Å². The standard InChI is InChI=1S/C48H34N2O4S2Si/c51-55(52)45-28-14-10-24-41(45)49(42-25-11-15-29-46(42)55)35-32-36(50-43-26-12-16-30-47(43)56(53,54)48-31-17-13-27-44(48)50)34-40(33-35)57(37-18-4-1-5-19-37,38-20-6-2-7-21-38)39-22-8-3-9-23-39/h1-34H. The first-order valence-corrected chi connectivity index (χ1v) is 23.6. The summed E-state index contributed by atoms with van der Waals surface area (Å²) >= 11 is 0. The van der Waals surface area contributed by atoms with Gasteiger partial charge in [0.2, 0.25) is 19.7 Å². The predicted molar refractivity (Wildman–Crippen MR) is 230 cm³/mol. The number of fused-ring (bicyclic) bond motifs is 4. The minimum atomic E-state index is -3.84. The van der Waals surface area contributed by atoms with Gasteiger partial charge in [-0.2, -0.15) is 0 Å². The number of hydrogen-bond acceptors (Lipinski definition) is 6. The largest absolute Gasteiger partial charge is 0.308 e. The lowest BCUT2D eigenvalue weighted by atomic mass is 10.1. The highest BCUT2D eigenvalue weighted by atomic mass is 32.2. The molecule has 0 atom stereocenters. The SMILES string of the molecule is O=S1(=O)c2ccccc2N(c2cc(N3c4ccccc4S(=O)(=O)c4ccccc43)cc([Si](c3ccccc3)(c3ccccc3)c3ccccc3)c2)c2ccccc21. The molecule has 0 saturated heterocycles. The van der Waals surface area contributed by atoms with Crippen molar-refractivity contribution in [1.82, 2.24) is 0 Å². The van der Waals surface area contributed by atoms with E-state index in [1.54, 1.807) is 48.5 Å². The van der Waals surface area contributed by atoms with Crippen LogP contribution in [0.4, 0.5) is 34.1 Å². The van der Waals surface area contributed by atoms with Gasteiger partial charge in [-0.3, -0.25) is 0 Å². The van der Waals surface area contributed by atoms with E-state index in [4.69, 9.17) is 0 Å². The highest BCUT2D eigenvalue weighted by molar-refractivity contribution is 7.92. The Labute approximate surface area is 333 Å². The first-order chi connectivity index (χ1) is 27.8. The van der Waals surface area contributed by atoms with E-state index in [2.05, 4.69) is 91.0 Å². The molecule has 0 aromatic heterocycles. The molecule has 0 saturated carbocycles. The minimum absolute atomic E-state index is 0.216. The molecule has 8 aromatic carbocycles. The molecule has 276 valence electrons. The van der Waals surface area contributed by atoms with E-state index in [-0.39, 0.29) is 19.6 Å². The Balaban J connectivity index is 1.37. The van der Waals surface area contributed by atoms with Crippen LogP contribution in [0.3, 0.4) is 0 Å². The molecule has 6 nitrogen and oxygen atoms in total. The Bertz CT molecular complexity index is 2720. The third-order valence-electron chi connectivity index (χ3n) is 11.1. The molecule has 0 spiro atoms. The maximum atomic E-state index is 14.2. The minimum Gasteiger partial charge on any atom is -0.308 e. The second kappa shape index (κ2) is 13.3. The van der Waals surface area contributed by atoms with Crippen molar-refractivity contribution in [1.29, 1.82) is 0 Å². The van der Waals surface area contributed by atoms with Crippen molar-refractivity contribution in [3.05, 3.63) is 206 Å². The maximum Gasteiger partial charge on any atom is 0.210 e. The summed E-state index contributed by atoms with van der Waals surface area (Å²) < 4.78 is 56.9. The van der Waals surface area contributed by atoms with Crippen LogP contribution in [0.2, 0.25) is 0 Å². The van der Waals surface area contributed by atoms with E-state index in [0.717, 1.165) is 32.1 Å². The third kappa shape index (κ3) is 5.27. The zero-order valence-electron chi connectivity index (χ0n) is 30.5. The van der Waals surface area contributed by atoms with E-state index in [1.807, 2.05) is 76.5 Å². The van der Waals surface area contributed by atoms with Crippen molar-refractivity contribution in [3.63, 3.8) is 0 Å². The number of anilines is 6. The van der Waals surface area contributed by atoms with E-state index in [9.17, 15) is 16.8 Å². The van der Waals surface area contributed by atoms with Gasteiger partial charge in [-0.1, -0.05) is 140 Å². The molecule has 0 N–H and O–H groups in total. The Kier molecular flexibility index (Phi) is 8.15. The molecular formula is C48H34N2O4S2Si. The van der Waals surface area contributed by atoms with Gasteiger partial charge in [0.15, 0.2) is 8.07 Å². The van der Waals surface area contributed by atoms with Crippen molar-refractivity contribution in [2.75, 3.05) is 9.80 Å². The molecule has 0 fully saturated rings. The van der Waals surface area contributed by atoms with Crippen molar-refractivity contribution in [2.45, 2.75) is 19.6 Å². The molecule has 8 aromatic rings. The van der Waals surface area contributed by atoms with Crippen LogP contribution >= 0.6 is 0 Å². The van der Waals surface area contributed by atoms with Gasteiger partial charge in [0.25, 0.3) is 0 Å². The Morgan fingerprint density at radius 2 is 0.561 bits per heavy atom. The summed E-state index contributed by atoms with van der Waals surface area (Å²) in [5.41, 5.74) is 3.61. The molecule has 2 aliphatic heterocycles. The summed E-state index contributed by atoms with van der Waals surface area (Å²) in [6.45, 7) is 0. The highest BCUT2D eigenvalue weighted by Crippen LogP contribution is 2.51. The molecule has 2 heterocycles. The number of rotatable bonds is 6. The number of benzene rings is 8. The molecule has 10 rings (SSSR count). The Hall–Kier alpha value is -6.52. The van der Waals surface area contributed by atoms with Crippen LogP contribution in [-0.2, 0) is 19.7 Å². The normalized spacial score (nSPS) is 14.8. The fraction of sp³-hybridized carbons (Fsp3) is 0. The van der Waals surface area contributed by atoms with Gasteiger partial charge in [0.1, 0.15) is 0 Å². The van der Waals surface area contributed by atoms with Crippen LogP contribution in [0.1, 0.15) is 0 Å². The van der Waals surface area contributed by atoms with E-state index in [1.165, 1.54) is 0 Å². The summed E-state index contributed by atoms with van der Waals surface area (Å²) in [5.74, 6) is 0. The summed E-state index contributed by atoms with van der Waals surface area (Å²) in [6, 6.07) is 66.8. The zero-order valence-corrected chi connectivity index (χ0v) is 33.1. The monoisotopic (exact) mass is 794 g/mol. The van der Waals surface area contributed by atoms with Gasteiger partial charge in [0.05, 0.1) is 42.3 Å². The van der Waals surface area contributed by atoms with Crippen LogP contribution in [0.5, 0.6) is 0 Å². The van der Waals surface area contributed by atoms with Crippen molar-refractivity contribution >= 4 is 82.6 Å². The lowest BCUT2D eigenvalue weighted by Crippen LogP contribution is -2.74. The van der Waals surface area contributed by atoms with Gasteiger partial charge in [-0.25, -0.2) is 16.8 Å². The predicted octanol–water partition coefficient (Wildman–Crippen LogP) is 8.30. The van der Waals surface area contributed by atoms with Gasteiger partial charge in [-0.15, -0.1) is 0 Å². The van der Waals surface area contributed by atoms with Crippen molar-refractivity contribution < 1.29 is 16.8 Å². The average molecular weight is 795 g/mol. The molecule has 0 amide bonds. The molecule has 0 radical (unpaired) electrons. The first-order valence-electron chi connectivity index (χ1n) is 18.6. The first kappa shape index (κ1) is 34.9. The van der Waals surface area contributed by atoms with Gasteiger partial charge in [0, 0.05) is 11.4 Å². The highest BCUT2D eigenvalue weighted by Gasteiger charge is 2.44. The van der Waals surface area contributed by atoms with Crippen LogP contribution < -0.4 is 30.5 Å². The van der Waals surface area contributed by atoms with E-state index in [0.29, 0.717) is 22.7 Å². The molecular weight excluding hydrogens is 761 g/mol. The quantitative estimate of drug-likeness (QED) is 0.125. The molecule has 0 aliphatic carbocycles. The van der Waals surface area contributed by atoms with Gasteiger partial charge < -0.3 is 9.80 Å². The summed E-state index contributed by atoms with van der Waals surface area (Å²) in [7, 11) is -10.9. The fourth-order valence-corrected chi connectivity index (χ4v) is 16.7. The molecule has 0 bridgehead atoms. The maximum absolute atomic E-state index is 14.2. The summed E-state index contributed by atoms with van der Waals surface area (Å²) in [6.07, 6.45) is 0. The van der Waals surface area contributed by atoms with Gasteiger partial charge >= 0.3 is 0 Å². The lowest BCUT2D eigenvalue weighted by molar-refractivity contribution is 0.593. The van der Waals surface area contributed by atoms with Crippen LogP contribution in [0.15, 0.2) is 226 Å². The molecule has 0 unspecified atom stereocenters. The third-order valence-corrected chi connectivity index (χ3v) is 19.5. The fourth-order valence-electron chi connectivity index (χ4n) is 8.66. The Morgan fingerprint density at radius 3 is 0.860 bits per heavy atom. The number of para-hydroxylation sites is 4. The smallest absolute Gasteiger partial charge is 0.210 e. The Morgan fingerprint density at radius 1 is 0.298 bits per heavy atom.